The van der Waals surface area contributed by atoms with Crippen LogP contribution in [0.3, 0.4) is 0 Å². The van der Waals surface area contributed by atoms with Crippen LogP contribution in [0, 0.1) is 13.8 Å². The molecular weight excluding hydrogens is 490 g/mol. The molecule has 0 radical (unpaired) electrons. The molecule has 214 valence electrons. The van der Waals surface area contributed by atoms with Crippen molar-refractivity contribution in [2.45, 2.75) is 96.7 Å². The van der Waals surface area contributed by atoms with Crippen LogP contribution in [0.4, 0.5) is 0 Å². The number of unbranched alkanes of at least 4 members (excludes halogenated alkanes) is 9. The van der Waals surface area contributed by atoms with Gasteiger partial charge in [0.2, 0.25) is 0 Å². The second kappa shape index (κ2) is 16.3. The number of hydrogen-bond acceptors (Lipinski definition) is 7. The fourth-order valence-corrected chi connectivity index (χ4v) is 5.04. The molecule has 0 aliphatic carbocycles. The van der Waals surface area contributed by atoms with Gasteiger partial charge in [0, 0.05) is 23.8 Å². The number of rotatable bonds is 18. The zero-order chi connectivity index (χ0) is 27.9. The molecule has 0 saturated carbocycles. The molecule has 1 aliphatic rings. The minimum absolute atomic E-state index is 0.0409. The number of aliphatic hydroxyl groups is 1. The highest BCUT2D eigenvalue weighted by molar-refractivity contribution is 5.77. The van der Waals surface area contributed by atoms with Gasteiger partial charge < -0.3 is 25.0 Å². The zero-order valence-electron chi connectivity index (χ0n) is 24.0. The molecule has 2 aromatic rings. The summed E-state index contributed by atoms with van der Waals surface area (Å²) < 4.78 is 11.4. The summed E-state index contributed by atoms with van der Waals surface area (Å²) in [6.45, 7) is 7.30. The number of phenols is 1. The zero-order valence-corrected chi connectivity index (χ0v) is 24.0. The van der Waals surface area contributed by atoms with Gasteiger partial charge >= 0.3 is 0 Å². The lowest BCUT2D eigenvalue weighted by atomic mass is 9.87. The highest BCUT2D eigenvalue weighted by Crippen LogP contribution is 2.40. The molecule has 1 unspecified atom stereocenters. The van der Waals surface area contributed by atoms with Crippen LogP contribution in [0.25, 0.3) is 0 Å². The molecule has 3 N–H and O–H groups in total. The van der Waals surface area contributed by atoms with E-state index in [0.29, 0.717) is 17.9 Å². The van der Waals surface area contributed by atoms with Crippen molar-refractivity contribution >= 4 is 12.7 Å². The Morgan fingerprint density at radius 3 is 2.21 bits per heavy atom. The fraction of sp³-hybridized carbons (Fsp3) is 0.562. The van der Waals surface area contributed by atoms with Crippen LogP contribution >= 0.6 is 0 Å². The number of phenolic OH excluding ortho intramolecular Hbond substituents is 1. The van der Waals surface area contributed by atoms with Crippen LogP contribution in [-0.2, 0) is 10.4 Å². The predicted molar refractivity (Wildman–Crippen MR) is 159 cm³/mol. The van der Waals surface area contributed by atoms with Crippen LogP contribution in [0.15, 0.2) is 46.4 Å². The van der Waals surface area contributed by atoms with Gasteiger partial charge in [-0.3, -0.25) is 0 Å². The van der Waals surface area contributed by atoms with Gasteiger partial charge in [0.05, 0.1) is 12.9 Å². The van der Waals surface area contributed by atoms with Crippen LogP contribution in [-0.4, -0.2) is 48.8 Å². The number of nitrogens with zero attached hydrogens (tertiary/aromatic N) is 2. The smallest absolute Gasteiger partial charge is 0.188 e. The van der Waals surface area contributed by atoms with E-state index in [9.17, 15) is 10.2 Å². The van der Waals surface area contributed by atoms with E-state index in [1.165, 1.54) is 64.1 Å². The number of hydrogen-bond donors (Lipinski definition) is 3. The Bertz CT molecular complexity index is 1070. The first-order valence-corrected chi connectivity index (χ1v) is 14.6. The normalized spacial score (nSPS) is 17.2. The Hall–Kier alpha value is -2.90. The summed E-state index contributed by atoms with van der Waals surface area (Å²) in [6.07, 6.45) is 15.2. The molecule has 0 saturated heterocycles. The Morgan fingerprint density at radius 1 is 0.872 bits per heavy atom. The minimum atomic E-state index is -0.996. The fourth-order valence-electron chi connectivity index (χ4n) is 5.04. The van der Waals surface area contributed by atoms with E-state index in [1.54, 1.807) is 24.5 Å². The summed E-state index contributed by atoms with van der Waals surface area (Å²) in [6, 6.07) is 11.3. The van der Waals surface area contributed by atoms with Gasteiger partial charge in [-0.05, 0) is 38.0 Å². The van der Waals surface area contributed by atoms with Crippen molar-refractivity contribution in [2.24, 2.45) is 9.98 Å². The highest BCUT2D eigenvalue weighted by Gasteiger charge is 2.37. The lowest BCUT2D eigenvalue weighted by Crippen LogP contribution is -2.43. The molecule has 2 aromatic carbocycles. The van der Waals surface area contributed by atoms with E-state index in [1.807, 2.05) is 26.0 Å². The van der Waals surface area contributed by atoms with E-state index in [0.717, 1.165) is 23.1 Å². The van der Waals surface area contributed by atoms with Gasteiger partial charge in [-0.2, -0.15) is 0 Å². The summed E-state index contributed by atoms with van der Waals surface area (Å²) in [5, 5.41) is 24.5. The van der Waals surface area contributed by atoms with E-state index < -0.39 is 11.8 Å². The van der Waals surface area contributed by atoms with Crippen molar-refractivity contribution in [2.75, 3.05) is 19.8 Å². The molecule has 2 atom stereocenters. The molecule has 7 nitrogen and oxygen atoms in total. The van der Waals surface area contributed by atoms with Gasteiger partial charge in [0.25, 0.3) is 0 Å². The second-order valence-corrected chi connectivity index (χ2v) is 10.6. The van der Waals surface area contributed by atoms with Crippen molar-refractivity contribution in [3.05, 3.63) is 58.7 Å². The summed E-state index contributed by atoms with van der Waals surface area (Å²) >= 11 is 0. The van der Waals surface area contributed by atoms with Crippen LogP contribution in [0.5, 0.6) is 11.5 Å². The van der Waals surface area contributed by atoms with Crippen molar-refractivity contribution in [1.29, 1.82) is 0 Å². The van der Waals surface area contributed by atoms with E-state index >= 15 is 0 Å². The first kappa shape index (κ1) is 30.6. The topological polar surface area (TPSA) is 95.7 Å². The van der Waals surface area contributed by atoms with Gasteiger partial charge in [0.15, 0.2) is 5.66 Å². The Labute approximate surface area is 234 Å². The van der Waals surface area contributed by atoms with Crippen molar-refractivity contribution < 1.29 is 19.7 Å². The van der Waals surface area contributed by atoms with Crippen molar-refractivity contribution in [3.63, 3.8) is 0 Å². The van der Waals surface area contributed by atoms with Gasteiger partial charge in [-0.25, -0.2) is 9.98 Å². The average molecular weight is 538 g/mol. The first-order valence-electron chi connectivity index (χ1n) is 14.6. The largest absolute Gasteiger partial charge is 0.507 e. The molecule has 39 heavy (non-hydrogen) atoms. The summed E-state index contributed by atoms with van der Waals surface area (Å²) in [5.74, 6) is 0.508. The predicted octanol–water partition coefficient (Wildman–Crippen LogP) is 6.55. The summed E-state index contributed by atoms with van der Waals surface area (Å²) in [4.78, 5) is 8.70. The van der Waals surface area contributed by atoms with Crippen LogP contribution in [0.1, 0.15) is 93.4 Å². The number of nitrogens with one attached hydrogen (secondary N) is 1. The molecule has 1 heterocycles. The number of ether oxygens (including phenoxy) is 2. The summed E-state index contributed by atoms with van der Waals surface area (Å²) in [5.41, 5.74) is 2.72. The molecule has 0 amide bonds. The SMILES string of the molecule is CCCCCCCCCCCCOCC(O)COc1ccc([C@]2(c3ccc(C)cc3C)N=CN=CN2)c(O)c1. The van der Waals surface area contributed by atoms with E-state index in [4.69, 9.17) is 9.47 Å². The number of aliphatic hydroxyl groups excluding tert-OH is 1. The third-order valence-corrected chi connectivity index (χ3v) is 7.19. The molecule has 7 heteroatoms. The minimum Gasteiger partial charge on any atom is -0.507 e. The maximum atomic E-state index is 11.0. The lowest BCUT2D eigenvalue weighted by molar-refractivity contribution is 0.0109. The third kappa shape index (κ3) is 9.36. The molecule has 0 bridgehead atoms. The molecule has 1 aliphatic heterocycles. The number of aliphatic imine (C=N–C) groups is 2. The maximum Gasteiger partial charge on any atom is 0.188 e. The molecule has 3 rings (SSSR count). The van der Waals surface area contributed by atoms with Crippen LogP contribution < -0.4 is 10.1 Å². The Kier molecular flexibility index (Phi) is 12.8. The molecule has 0 spiro atoms. The molecule has 0 aromatic heterocycles. The summed E-state index contributed by atoms with van der Waals surface area (Å²) in [7, 11) is 0. The maximum absolute atomic E-state index is 11.0. The van der Waals surface area contributed by atoms with Gasteiger partial charge in [0.1, 0.15) is 30.5 Å². The van der Waals surface area contributed by atoms with E-state index in [-0.39, 0.29) is 19.0 Å². The quantitative estimate of drug-likeness (QED) is 0.188. The van der Waals surface area contributed by atoms with Crippen LogP contribution in [0.2, 0.25) is 0 Å². The third-order valence-electron chi connectivity index (χ3n) is 7.19. The number of benzene rings is 2. The van der Waals surface area contributed by atoms with E-state index in [2.05, 4.69) is 28.3 Å². The standard InChI is InChI=1S/C32H47N3O4/c1-4-5-6-7-8-9-10-11-12-13-18-38-21-27(36)22-39-28-15-17-30(31(37)20-28)32(34-23-33-24-35-32)29-16-14-25(2)19-26(29)3/h14-17,19-20,23-24,27,36-37H,4-13,18,21-22H2,1-3H3,(H,33,34,35). The highest BCUT2D eigenvalue weighted by atomic mass is 16.5. The Morgan fingerprint density at radius 2 is 1.56 bits per heavy atom. The first-order chi connectivity index (χ1) is 19.0. The number of aryl methyl sites for hydroxylation is 2. The Balaban J connectivity index is 1.42. The molecule has 0 fully saturated rings. The van der Waals surface area contributed by atoms with Gasteiger partial charge in [-0.15, -0.1) is 0 Å². The monoisotopic (exact) mass is 537 g/mol. The van der Waals surface area contributed by atoms with Crippen molar-refractivity contribution in [3.8, 4) is 11.5 Å². The van der Waals surface area contributed by atoms with Crippen molar-refractivity contribution in [1.82, 2.24) is 5.32 Å². The second-order valence-electron chi connectivity index (χ2n) is 10.6. The number of aromatic hydroxyl groups is 1. The lowest BCUT2D eigenvalue weighted by Gasteiger charge is -2.34. The molecular formula is C32H47N3O4. The average Bonchev–Trinajstić information content (AvgIpc) is 2.93. The van der Waals surface area contributed by atoms with Gasteiger partial charge in [-0.1, -0.05) is 88.5 Å².